The van der Waals surface area contributed by atoms with Crippen LogP contribution in [0.15, 0.2) is 18.2 Å². The summed E-state index contributed by atoms with van der Waals surface area (Å²) in [6, 6.07) is 4.78. The van der Waals surface area contributed by atoms with Crippen LogP contribution in [-0.4, -0.2) is 17.8 Å². The Labute approximate surface area is 94.1 Å². The minimum atomic E-state index is -0.300. The Balaban J connectivity index is 2.57. The van der Waals surface area contributed by atoms with Crippen LogP contribution in [0.5, 0.6) is 0 Å². The monoisotopic (exact) mass is 231 g/mol. The highest BCUT2D eigenvalue weighted by molar-refractivity contribution is 6.31. The molecule has 0 spiro atoms. The Hall–Kier alpha value is -0.640. The highest BCUT2D eigenvalue weighted by Gasteiger charge is 2.07. The van der Waals surface area contributed by atoms with E-state index in [-0.39, 0.29) is 18.5 Å². The average molecular weight is 232 g/mol. The SMILES string of the molecule is C[C@H](CCO)NCc1c(F)cccc1Cl. The number of aliphatic hydroxyl groups excluding tert-OH is 1. The predicted molar refractivity (Wildman–Crippen MR) is 59.4 cm³/mol. The minimum absolute atomic E-state index is 0.124. The smallest absolute Gasteiger partial charge is 0.129 e. The Morgan fingerprint density at radius 3 is 2.87 bits per heavy atom. The standard InChI is InChI=1S/C11H15ClFNO/c1-8(5-6-15)14-7-9-10(12)3-2-4-11(9)13/h2-4,8,14-15H,5-7H2,1H3/t8-/m1/s1. The number of aliphatic hydroxyl groups is 1. The van der Waals surface area contributed by atoms with Gasteiger partial charge in [0.2, 0.25) is 0 Å². The molecule has 1 aromatic carbocycles. The van der Waals surface area contributed by atoms with Crippen molar-refractivity contribution in [3.05, 3.63) is 34.6 Å². The number of hydrogen-bond donors (Lipinski definition) is 2. The molecule has 15 heavy (non-hydrogen) atoms. The summed E-state index contributed by atoms with van der Waals surface area (Å²) in [4.78, 5) is 0. The molecule has 0 radical (unpaired) electrons. The van der Waals surface area contributed by atoms with E-state index in [1.54, 1.807) is 12.1 Å². The Morgan fingerprint density at radius 1 is 1.53 bits per heavy atom. The quantitative estimate of drug-likeness (QED) is 0.815. The van der Waals surface area contributed by atoms with Crippen molar-refractivity contribution < 1.29 is 9.50 Å². The summed E-state index contributed by atoms with van der Waals surface area (Å²) in [7, 11) is 0. The molecule has 0 aromatic heterocycles. The fourth-order valence-electron chi connectivity index (χ4n) is 1.27. The first-order valence-corrected chi connectivity index (χ1v) is 5.30. The second kappa shape index (κ2) is 6.05. The molecule has 0 aliphatic rings. The van der Waals surface area contributed by atoms with Gasteiger partial charge < -0.3 is 10.4 Å². The maximum absolute atomic E-state index is 13.3. The molecule has 4 heteroatoms. The third kappa shape index (κ3) is 3.78. The van der Waals surface area contributed by atoms with Gasteiger partial charge in [-0.2, -0.15) is 0 Å². The van der Waals surface area contributed by atoms with Crippen LogP contribution >= 0.6 is 11.6 Å². The molecular weight excluding hydrogens is 217 g/mol. The van der Waals surface area contributed by atoms with Crippen LogP contribution in [0.3, 0.4) is 0 Å². The number of rotatable bonds is 5. The number of hydrogen-bond acceptors (Lipinski definition) is 2. The van der Waals surface area contributed by atoms with Gasteiger partial charge in [-0.05, 0) is 25.5 Å². The largest absolute Gasteiger partial charge is 0.396 e. The molecule has 0 saturated heterocycles. The zero-order valence-corrected chi connectivity index (χ0v) is 9.39. The molecular formula is C11H15ClFNO. The summed E-state index contributed by atoms with van der Waals surface area (Å²) < 4.78 is 13.3. The van der Waals surface area contributed by atoms with Crippen LogP contribution in [0.1, 0.15) is 18.9 Å². The summed E-state index contributed by atoms with van der Waals surface area (Å²) >= 11 is 5.86. The zero-order chi connectivity index (χ0) is 11.3. The molecule has 2 N–H and O–H groups in total. The lowest BCUT2D eigenvalue weighted by Gasteiger charge is -2.13. The van der Waals surface area contributed by atoms with E-state index >= 15 is 0 Å². The summed E-state index contributed by atoms with van der Waals surface area (Å²) in [6.45, 7) is 2.44. The van der Waals surface area contributed by atoms with Crippen LogP contribution in [0.4, 0.5) is 4.39 Å². The van der Waals surface area contributed by atoms with Gasteiger partial charge in [-0.3, -0.25) is 0 Å². The van der Waals surface area contributed by atoms with E-state index in [2.05, 4.69) is 5.32 Å². The normalized spacial score (nSPS) is 12.8. The molecule has 0 fully saturated rings. The van der Waals surface area contributed by atoms with E-state index in [0.29, 0.717) is 23.6 Å². The molecule has 84 valence electrons. The first kappa shape index (κ1) is 12.4. The molecule has 1 rings (SSSR count). The van der Waals surface area contributed by atoms with Crippen LogP contribution in [0.2, 0.25) is 5.02 Å². The maximum atomic E-state index is 13.3. The number of nitrogens with one attached hydrogen (secondary N) is 1. The van der Waals surface area contributed by atoms with Gasteiger partial charge in [0, 0.05) is 29.8 Å². The van der Waals surface area contributed by atoms with Crippen LogP contribution in [0, 0.1) is 5.82 Å². The van der Waals surface area contributed by atoms with Crippen LogP contribution in [0.25, 0.3) is 0 Å². The highest BCUT2D eigenvalue weighted by atomic mass is 35.5. The van der Waals surface area contributed by atoms with Crippen molar-refractivity contribution in [2.75, 3.05) is 6.61 Å². The van der Waals surface area contributed by atoms with E-state index in [1.165, 1.54) is 6.07 Å². The summed E-state index contributed by atoms with van der Waals surface area (Å²) in [6.07, 6.45) is 0.645. The van der Waals surface area contributed by atoms with E-state index in [4.69, 9.17) is 16.7 Å². The molecule has 0 aliphatic heterocycles. The zero-order valence-electron chi connectivity index (χ0n) is 8.63. The maximum Gasteiger partial charge on any atom is 0.129 e. The fourth-order valence-corrected chi connectivity index (χ4v) is 1.50. The second-order valence-electron chi connectivity index (χ2n) is 3.49. The van der Waals surface area contributed by atoms with Gasteiger partial charge in [0.1, 0.15) is 5.82 Å². The second-order valence-corrected chi connectivity index (χ2v) is 3.90. The third-order valence-corrected chi connectivity index (χ3v) is 2.61. The first-order chi connectivity index (χ1) is 7.15. The van der Waals surface area contributed by atoms with Gasteiger partial charge in [0.05, 0.1) is 0 Å². The van der Waals surface area contributed by atoms with E-state index in [0.717, 1.165) is 0 Å². The first-order valence-electron chi connectivity index (χ1n) is 4.92. The predicted octanol–water partition coefficient (Wildman–Crippen LogP) is 2.34. The molecule has 1 aromatic rings. The van der Waals surface area contributed by atoms with Gasteiger partial charge in [-0.1, -0.05) is 17.7 Å². The van der Waals surface area contributed by atoms with Crippen LogP contribution < -0.4 is 5.32 Å². The highest BCUT2D eigenvalue weighted by Crippen LogP contribution is 2.18. The van der Waals surface area contributed by atoms with Gasteiger partial charge in [-0.25, -0.2) is 4.39 Å². The molecule has 0 aliphatic carbocycles. The summed E-state index contributed by atoms with van der Waals surface area (Å²) in [5.74, 6) is -0.300. The molecule has 0 heterocycles. The number of halogens is 2. The lowest BCUT2D eigenvalue weighted by molar-refractivity contribution is 0.268. The summed E-state index contributed by atoms with van der Waals surface area (Å²) in [5, 5.41) is 12.2. The van der Waals surface area contributed by atoms with Crippen molar-refractivity contribution in [2.45, 2.75) is 25.9 Å². The third-order valence-electron chi connectivity index (χ3n) is 2.25. The van der Waals surface area contributed by atoms with Crippen LogP contribution in [-0.2, 0) is 6.54 Å². The number of benzene rings is 1. The summed E-state index contributed by atoms with van der Waals surface area (Å²) in [5.41, 5.74) is 0.476. The van der Waals surface area contributed by atoms with E-state index < -0.39 is 0 Å². The van der Waals surface area contributed by atoms with Gasteiger partial charge in [0.15, 0.2) is 0 Å². The lowest BCUT2D eigenvalue weighted by Crippen LogP contribution is -2.26. The van der Waals surface area contributed by atoms with E-state index in [9.17, 15) is 4.39 Å². The van der Waals surface area contributed by atoms with Gasteiger partial charge in [0.25, 0.3) is 0 Å². The Morgan fingerprint density at radius 2 is 2.27 bits per heavy atom. The van der Waals surface area contributed by atoms with Crippen molar-refractivity contribution in [1.82, 2.24) is 5.32 Å². The minimum Gasteiger partial charge on any atom is -0.396 e. The molecule has 0 bridgehead atoms. The fraction of sp³-hybridized carbons (Fsp3) is 0.455. The lowest BCUT2D eigenvalue weighted by atomic mass is 10.2. The van der Waals surface area contributed by atoms with Gasteiger partial charge in [-0.15, -0.1) is 0 Å². The van der Waals surface area contributed by atoms with Crippen molar-refractivity contribution in [3.63, 3.8) is 0 Å². The molecule has 1 atom stereocenters. The molecule has 0 unspecified atom stereocenters. The Bertz CT molecular complexity index is 299. The Kier molecular flexibility index (Phi) is 5.02. The average Bonchev–Trinajstić information content (AvgIpc) is 2.17. The molecule has 0 amide bonds. The van der Waals surface area contributed by atoms with Crippen molar-refractivity contribution in [3.8, 4) is 0 Å². The van der Waals surface area contributed by atoms with Crippen molar-refractivity contribution in [1.29, 1.82) is 0 Å². The van der Waals surface area contributed by atoms with Crippen molar-refractivity contribution >= 4 is 11.6 Å². The topological polar surface area (TPSA) is 32.3 Å². The molecule has 2 nitrogen and oxygen atoms in total. The van der Waals surface area contributed by atoms with Gasteiger partial charge >= 0.3 is 0 Å². The van der Waals surface area contributed by atoms with E-state index in [1.807, 2.05) is 6.92 Å². The molecule has 0 saturated carbocycles. The van der Waals surface area contributed by atoms with Crippen molar-refractivity contribution in [2.24, 2.45) is 0 Å².